The number of hydrogen-bond acceptors (Lipinski definition) is 2. The number of nitrogens with two attached hydrogens (primary N) is 1. The van der Waals surface area contributed by atoms with Gasteiger partial charge in [0.1, 0.15) is 0 Å². The molecule has 0 aromatic carbocycles. The maximum absolute atomic E-state index is 10.7. The minimum Gasteiger partial charge on any atom is -0.481 e. The lowest BCUT2D eigenvalue weighted by Gasteiger charge is -2.24. The van der Waals surface area contributed by atoms with E-state index in [4.69, 9.17) is 10.8 Å². The number of fused-ring (bicyclic) bond motifs is 1. The highest BCUT2D eigenvalue weighted by atomic mass is 16.4. The van der Waals surface area contributed by atoms with E-state index in [0.717, 1.165) is 25.8 Å². The van der Waals surface area contributed by atoms with Crippen LogP contribution in [0.4, 0.5) is 0 Å². The Kier molecular flexibility index (Phi) is 1.65. The first-order chi connectivity index (χ1) is 5.68. The van der Waals surface area contributed by atoms with Crippen LogP contribution in [0.5, 0.6) is 0 Å². The van der Waals surface area contributed by atoms with Gasteiger partial charge in [-0.1, -0.05) is 0 Å². The molecule has 0 bridgehead atoms. The van der Waals surface area contributed by atoms with E-state index in [1.807, 2.05) is 0 Å². The number of aliphatic carboxylic acids is 1. The van der Waals surface area contributed by atoms with Crippen LogP contribution < -0.4 is 5.73 Å². The standard InChI is InChI=1S/C9H15NO2/c10-5-9-2-1-6(8(11)12)3-7(9)4-9/h6-7H,1-5,10H2,(H,11,12). The molecule has 3 unspecified atom stereocenters. The van der Waals surface area contributed by atoms with Crippen molar-refractivity contribution in [1.29, 1.82) is 0 Å². The Morgan fingerprint density at radius 1 is 1.67 bits per heavy atom. The Morgan fingerprint density at radius 2 is 2.42 bits per heavy atom. The van der Waals surface area contributed by atoms with Gasteiger partial charge in [0.05, 0.1) is 5.92 Å². The van der Waals surface area contributed by atoms with Crippen molar-refractivity contribution in [3.05, 3.63) is 0 Å². The zero-order valence-corrected chi connectivity index (χ0v) is 7.12. The Bertz CT molecular complexity index is 217. The number of hydrogen-bond donors (Lipinski definition) is 2. The summed E-state index contributed by atoms with van der Waals surface area (Å²) in [4.78, 5) is 10.7. The van der Waals surface area contributed by atoms with Crippen molar-refractivity contribution < 1.29 is 9.90 Å². The summed E-state index contributed by atoms with van der Waals surface area (Å²) >= 11 is 0. The van der Waals surface area contributed by atoms with Gasteiger partial charge in [0.2, 0.25) is 0 Å². The molecule has 0 aromatic rings. The molecule has 0 saturated heterocycles. The molecule has 0 aliphatic heterocycles. The van der Waals surface area contributed by atoms with Crippen LogP contribution in [0.1, 0.15) is 25.7 Å². The average molecular weight is 169 g/mol. The summed E-state index contributed by atoms with van der Waals surface area (Å²) in [6.07, 6.45) is 3.91. The van der Waals surface area contributed by atoms with Gasteiger partial charge in [-0.25, -0.2) is 0 Å². The third kappa shape index (κ3) is 1.04. The summed E-state index contributed by atoms with van der Waals surface area (Å²) in [5.74, 6) is -0.0814. The van der Waals surface area contributed by atoms with Gasteiger partial charge >= 0.3 is 5.97 Å². The van der Waals surface area contributed by atoms with E-state index in [1.165, 1.54) is 6.42 Å². The summed E-state index contributed by atoms with van der Waals surface area (Å²) in [7, 11) is 0. The molecule has 3 N–H and O–H groups in total. The maximum Gasteiger partial charge on any atom is 0.306 e. The van der Waals surface area contributed by atoms with Gasteiger partial charge in [-0.2, -0.15) is 0 Å². The Morgan fingerprint density at radius 3 is 2.92 bits per heavy atom. The lowest BCUT2D eigenvalue weighted by Crippen LogP contribution is -2.27. The van der Waals surface area contributed by atoms with Crippen LogP contribution >= 0.6 is 0 Å². The van der Waals surface area contributed by atoms with E-state index in [0.29, 0.717) is 11.3 Å². The Hall–Kier alpha value is -0.570. The number of rotatable bonds is 2. The van der Waals surface area contributed by atoms with Gasteiger partial charge in [-0.3, -0.25) is 4.79 Å². The number of carboxylic acids is 1. The smallest absolute Gasteiger partial charge is 0.306 e. The van der Waals surface area contributed by atoms with Gasteiger partial charge < -0.3 is 10.8 Å². The molecule has 2 aliphatic carbocycles. The van der Waals surface area contributed by atoms with Crippen molar-refractivity contribution in [3.63, 3.8) is 0 Å². The van der Waals surface area contributed by atoms with Crippen LogP contribution in [0, 0.1) is 17.3 Å². The first-order valence-electron chi connectivity index (χ1n) is 4.61. The summed E-state index contributed by atoms with van der Waals surface area (Å²) in [5, 5.41) is 8.80. The molecular formula is C9H15NO2. The second-order valence-corrected chi connectivity index (χ2v) is 4.28. The van der Waals surface area contributed by atoms with Gasteiger partial charge in [-0.05, 0) is 43.6 Å². The minimum absolute atomic E-state index is 0.0859. The highest BCUT2D eigenvalue weighted by Gasteiger charge is 2.56. The van der Waals surface area contributed by atoms with E-state index >= 15 is 0 Å². The molecule has 68 valence electrons. The molecule has 0 amide bonds. The normalized spacial score (nSPS) is 45.1. The minimum atomic E-state index is -0.618. The Labute approximate surface area is 71.9 Å². The zero-order valence-electron chi connectivity index (χ0n) is 7.12. The van der Waals surface area contributed by atoms with E-state index in [-0.39, 0.29) is 5.92 Å². The topological polar surface area (TPSA) is 63.3 Å². The van der Waals surface area contributed by atoms with Crippen molar-refractivity contribution in [1.82, 2.24) is 0 Å². The molecule has 0 radical (unpaired) electrons. The summed E-state index contributed by atoms with van der Waals surface area (Å²) in [6.45, 7) is 0.754. The van der Waals surface area contributed by atoms with Crippen LogP contribution in [-0.2, 0) is 4.79 Å². The second kappa shape index (κ2) is 2.46. The second-order valence-electron chi connectivity index (χ2n) is 4.28. The predicted octanol–water partition coefficient (Wildman–Crippen LogP) is 0.836. The van der Waals surface area contributed by atoms with E-state index in [2.05, 4.69) is 0 Å². The lowest BCUT2D eigenvalue weighted by atomic mass is 9.82. The fourth-order valence-corrected chi connectivity index (χ4v) is 2.57. The van der Waals surface area contributed by atoms with E-state index in [1.54, 1.807) is 0 Å². The fourth-order valence-electron chi connectivity index (χ4n) is 2.57. The molecule has 2 fully saturated rings. The van der Waals surface area contributed by atoms with Crippen LogP contribution in [0.25, 0.3) is 0 Å². The molecule has 3 heteroatoms. The Balaban J connectivity index is 1.96. The molecule has 0 heterocycles. The highest BCUT2D eigenvalue weighted by molar-refractivity contribution is 5.70. The van der Waals surface area contributed by atoms with E-state index in [9.17, 15) is 4.79 Å². The number of carbonyl (C=O) groups is 1. The third-order valence-corrected chi connectivity index (χ3v) is 3.67. The summed E-state index contributed by atoms with van der Waals surface area (Å²) in [6, 6.07) is 0. The van der Waals surface area contributed by atoms with Gasteiger partial charge in [0.15, 0.2) is 0 Å². The fraction of sp³-hybridized carbons (Fsp3) is 0.889. The average Bonchev–Trinajstić information content (AvgIpc) is 2.77. The van der Waals surface area contributed by atoms with Crippen molar-refractivity contribution in [2.75, 3.05) is 6.54 Å². The van der Waals surface area contributed by atoms with Gasteiger partial charge in [0, 0.05) is 0 Å². The van der Waals surface area contributed by atoms with Crippen LogP contribution in [-0.4, -0.2) is 17.6 Å². The predicted molar refractivity (Wildman–Crippen MR) is 44.6 cm³/mol. The molecule has 2 aliphatic rings. The molecule has 0 aromatic heterocycles. The summed E-state index contributed by atoms with van der Waals surface area (Å²) in [5.41, 5.74) is 6.02. The van der Waals surface area contributed by atoms with Crippen LogP contribution in [0.2, 0.25) is 0 Å². The quantitative estimate of drug-likeness (QED) is 0.643. The number of carboxylic acid groups (broad SMARTS) is 1. The maximum atomic E-state index is 10.7. The summed E-state index contributed by atoms with van der Waals surface area (Å²) < 4.78 is 0. The van der Waals surface area contributed by atoms with Crippen LogP contribution in [0.3, 0.4) is 0 Å². The largest absolute Gasteiger partial charge is 0.481 e. The molecule has 3 nitrogen and oxygen atoms in total. The first-order valence-corrected chi connectivity index (χ1v) is 4.61. The van der Waals surface area contributed by atoms with E-state index < -0.39 is 5.97 Å². The SMILES string of the molecule is NCC12CCC(C(=O)O)CC1C2. The van der Waals surface area contributed by atoms with Crippen molar-refractivity contribution in [2.45, 2.75) is 25.7 Å². The monoisotopic (exact) mass is 169 g/mol. The zero-order chi connectivity index (χ0) is 8.77. The molecule has 0 spiro atoms. The first kappa shape index (κ1) is 8.05. The molecule has 12 heavy (non-hydrogen) atoms. The van der Waals surface area contributed by atoms with Gasteiger partial charge in [-0.15, -0.1) is 0 Å². The van der Waals surface area contributed by atoms with Crippen molar-refractivity contribution in [3.8, 4) is 0 Å². The van der Waals surface area contributed by atoms with Crippen molar-refractivity contribution >= 4 is 5.97 Å². The molecule has 3 atom stereocenters. The van der Waals surface area contributed by atoms with Crippen LogP contribution in [0.15, 0.2) is 0 Å². The lowest BCUT2D eigenvalue weighted by molar-refractivity contribution is -0.143. The molecule has 2 saturated carbocycles. The van der Waals surface area contributed by atoms with Crippen molar-refractivity contribution in [2.24, 2.45) is 23.0 Å². The molecule has 2 rings (SSSR count). The van der Waals surface area contributed by atoms with Gasteiger partial charge in [0.25, 0.3) is 0 Å². The highest BCUT2D eigenvalue weighted by Crippen LogP contribution is 2.61. The molecular weight excluding hydrogens is 154 g/mol. The third-order valence-electron chi connectivity index (χ3n) is 3.67.